The zero-order chi connectivity index (χ0) is 19.6. The summed E-state index contributed by atoms with van der Waals surface area (Å²) in [5.74, 6) is 0.0287. The molecule has 6 heteroatoms. The zero-order valence-electron chi connectivity index (χ0n) is 16.2. The van der Waals surface area contributed by atoms with Crippen LogP contribution in [0.2, 0.25) is 0 Å². The van der Waals surface area contributed by atoms with Crippen molar-refractivity contribution in [3.63, 3.8) is 0 Å². The van der Waals surface area contributed by atoms with E-state index in [1.807, 2.05) is 24.0 Å². The highest BCUT2D eigenvalue weighted by atomic mass is 16.2. The molecule has 2 aromatic rings. The Balaban J connectivity index is 1.94. The maximum atomic E-state index is 12.6. The average molecular weight is 368 g/mol. The molecule has 144 valence electrons. The smallest absolute Gasteiger partial charge is 0.319 e. The molecule has 3 amide bonds. The van der Waals surface area contributed by atoms with Crippen LogP contribution in [0.1, 0.15) is 55.6 Å². The molecule has 0 bridgehead atoms. The number of aromatic nitrogens is 1. The fourth-order valence-corrected chi connectivity index (χ4v) is 2.83. The summed E-state index contributed by atoms with van der Waals surface area (Å²) in [6.45, 7) is 7.54. The van der Waals surface area contributed by atoms with E-state index in [9.17, 15) is 9.59 Å². The first-order chi connectivity index (χ1) is 13.0. The van der Waals surface area contributed by atoms with Crippen molar-refractivity contribution in [1.82, 2.24) is 15.2 Å². The molecule has 6 nitrogen and oxygen atoms in total. The van der Waals surface area contributed by atoms with Crippen LogP contribution in [-0.4, -0.2) is 34.9 Å². The number of pyridine rings is 1. The summed E-state index contributed by atoms with van der Waals surface area (Å²) in [5, 5.41) is 5.68. The van der Waals surface area contributed by atoms with Gasteiger partial charge in [0.2, 0.25) is 0 Å². The fraction of sp³-hybridized carbons (Fsp3) is 0.381. The molecule has 0 aliphatic rings. The lowest BCUT2D eigenvalue weighted by atomic mass is 10.1. The number of benzene rings is 1. The second-order valence-electron chi connectivity index (χ2n) is 6.47. The van der Waals surface area contributed by atoms with Crippen LogP contribution in [0.4, 0.5) is 10.5 Å². The van der Waals surface area contributed by atoms with Gasteiger partial charge in [0.1, 0.15) is 0 Å². The molecule has 0 saturated carbocycles. The predicted molar refractivity (Wildman–Crippen MR) is 108 cm³/mol. The molecule has 2 N–H and O–H groups in total. The van der Waals surface area contributed by atoms with Gasteiger partial charge in [-0.3, -0.25) is 9.78 Å². The van der Waals surface area contributed by atoms with Crippen molar-refractivity contribution in [3.8, 4) is 0 Å². The molecule has 2 rings (SSSR count). The molecule has 0 saturated heterocycles. The molecular formula is C21H28N4O2. The number of hydrogen-bond donors (Lipinski definition) is 2. The third-order valence-electron chi connectivity index (χ3n) is 4.22. The summed E-state index contributed by atoms with van der Waals surface area (Å²) in [5.41, 5.74) is 2.25. The van der Waals surface area contributed by atoms with E-state index in [-0.39, 0.29) is 18.0 Å². The van der Waals surface area contributed by atoms with Crippen molar-refractivity contribution >= 4 is 17.6 Å². The number of carbonyl (C=O) groups excluding carboxylic acids is 2. The van der Waals surface area contributed by atoms with Crippen molar-refractivity contribution in [2.24, 2.45) is 0 Å². The Bertz CT molecular complexity index is 726. The Hall–Kier alpha value is -2.89. The minimum absolute atomic E-state index is 0.0287. The standard InChI is InChI=1S/C21H28N4O2/c1-4-14-25(15-5-2)20(26)18-6-8-19(9-7-18)24-21(27)23-16(3)17-10-12-22-13-11-17/h6-13,16H,4-5,14-15H2,1-3H3,(H2,23,24,27). The number of nitrogens with one attached hydrogen (secondary N) is 2. The Kier molecular flexibility index (Phi) is 7.79. The molecule has 1 aromatic heterocycles. The average Bonchev–Trinajstić information content (AvgIpc) is 2.68. The summed E-state index contributed by atoms with van der Waals surface area (Å²) in [6, 6.07) is 10.3. The largest absolute Gasteiger partial charge is 0.339 e. The lowest BCUT2D eigenvalue weighted by Crippen LogP contribution is -2.32. The lowest BCUT2D eigenvalue weighted by molar-refractivity contribution is 0.0755. The molecule has 0 aliphatic carbocycles. The maximum absolute atomic E-state index is 12.6. The first-order valence-corrected chi connectivity index (χ1v) is 9.42. The van der Waals surface area contributed by atoms with Crippen molar-refractivity contribution < 1.29 is 9.59 Å². The van der Waals surface area contributed by atoms with Crippen LogP contribution in [0.15, 0.2) is 48.8 Å². The summed E-state index contributed by atoms with van der Waals surface area (Å²) < 4.78 is 0. The quantitative estimate of drug-likeness (QED) is 0.732. The van der Waals surface area contributed by atoms with E-state index in [1.165, 1.54) is 0 Å². The van der Waals surface area contributed by atoms with Gasteiger partial charge in [0.25, 0.3) is 5.91 Å². The molecule has 0 spiro atoms. The Morgan fingerprint density at radius 2 is 1.59 bits per heavy atom. The predicted octanol–water partition coefficient (Wildman–Crippen LogP) is 4.23. The van der Waals surface area contributed by atoms with Gasteiger partial charge in [-0.1, -0.05) is 13.8 Å². The van der Waals surface area contributed by atoms with Gasteiger partial charge in [-0.05, 0) is 61.7 Å². The van der Waals surface area contributed by atoms with Crippen LogP contribution in [0.5, 0.6) is 0 Å². The van der Waals surface area contributed by atoms with Gasteiger partial charge in [-0.15, -0.1) is 0 Å². The first kappa shape index (κ1) is 20.4. The zero-order valence-corrected chi connectivity index (χ0v) is 16.2. The molecule has 1 atom stereocenters. The van der Waals surface area contributed by atoms with Gasteiger partial charge in [-0.25, -0.2) is 4.79 Å². The van der Waals surface area contributed by atoms with Crippen molar-refractivity contribution in [2.75, 3.05) is 18.4 Å². The summed E-state index contributed by atoms with van der Waals surface area (Å²) in [6.07, 6.45) is 5.26. The van der Waals surface area contributed by atoms with Crippen molar-refractivity contribution in [1.29, 1.82) is 0 Å². The third-order valence-corrected chi connectivity index (χ3v) is 4.22. The second-order valence-corrected chi connectivity index (χ2v) is 6.47. The highest BCUT2D eigenvalue weighted by molar-refractivity contribution is 5.95. The SMILES string of the molecule is CCCN(CCC)C(=O)c1ccc(NC(=O)NC(C)c2ccncc2)cc1. The van der Waals surface area contributed by atoms with Gasteiger partial charge in [-0.2, -0.15) is 0 Å². The monoisotopic (exact) mass is 368 g/mol. The van der Waals surface area contributed by atoms with Crippen LogP contribution in [0, 0.1) is 0 Å². The van der Waals surface area contributed by atoms with Crippen molar-refractivity contribution in [3.05, 3.63) is 59.9 Å². The van der Waals surface area contributed by atoms with E-state index in [2.05, 4.69) is 29.5 Å². The molecule has 1 heterocycles. The molecule has 1 aromatic carbocycles. The van der Waals surface area contributed by atoms with Crippen LogP contribution in [0.25, 0.3) is 0 Å². The minimum Gasteiger partial charge on any atom is -0.339 e. The van der Waals surface area contributed by atoms with Gasteiger partial charge >= 0.3 is 6.03 Å². The second kappa shape index (κ2) is 10.3. The number of rotatable bonds is 8. The highest BCUT2D eigenvalue weighted by Gasteiger charge is 2.14. The topological polar surface area (TPSA) is 74.3 Å². The number of amides is 3. The van der Waals surface area contributed by atoms with Gasteiger partial charge in [0.15, 0.2) is 0 Å². The van der Waals surface area contributed by atoms with E-state index in [1.54, 1.807) is 36.7 Å². The Morgan fingerprint density at radius 3 is 2.15 bits per heavy atom. The van der Waals surface area contributed by atoms with Crippen LogP contribution < -0.4 is 10.6 Å². The Morgan fingerprint density at radius 1 is 1.00 bits per heavy atom. The van der Waals surface area contributed by atoms with E-state index in [0.717, 1.165) is 31.5 Å². The van der Waals surface area contributed by atoms with Gasteiger partial charge in [0.05, 0.1) is 6.04 Å². The lowest BCUT2D eigenvalue weighted by Gasteiger charge is -2.21. The number of anilines is 1. The van der Waals surface area contributed by atoms with E-state index in [0.29, 0.717) is 11.3 Å². The highest BCUT2D eigenvalue weighted by Crippen LogP contribution is 2.14. The number of urea groups is 1. The normalized spacial score (nSPS) is 11.5. The first-order valence-electron chi connectivity index (χ1n) is 9.42. The fourth-order valence-electron chi connectivity index (χ4n) is 2.83. The van der Waals surface area contributed by atoms with E-state index < -0.39 is 0 Å². The molecule has 0 fully saturated rings. The van der Waals surface area contributed by atoms with E-state index >= 15 is 0 Å². The molecule has 27 heavy (non-hydrogen) atoms. The number of nitrogens with zero attached hydrogens (tertiary/aromatic N) is 2. The van der Waals surface area contributed by atoms with Crippen LogP contribution in [-0.2, 0) is 0 Å². The number of carbonyl (C=O) groups is 2. The molecular weight excluding hydrogens is 340 g/mol. The summed E-state index contributed by atoms with van der Waals surface area (Å²) in [7, 11) is 0. The molecule has 1 unspecified atom stereocenters. The summed E-state index contributed by atoms with van der Waals surface area (Å²) >= 11 is 0. The molecule has 0 aliphatic heterocycles. The maximum Gasteiger partial charge on any atom is 0.319 e. The van der Waals surface area contributed by atoms with Crippen LogP contribution in [0.3, 0.4) is 0 Å². The van der Waals surface area contributed by atoms with Gasteiger partial charge in [0, 0.05) is 36.7 Å². The third kappa shape index (κ3) is 6.09. The van der Waals surface area contributed by atoms with Gasteiger partial charge < -0.3 is 15.5 Å². The minimum atomic E-state index is -0.294. The Labute approximate surface area is 161 Å². The van der Waals surface area contributed by atoms with Crippen molar-refractivity contribution in [2.45, 2.75) is 39.7 Å². The van der Waals surface area contributed by atoms with E-state index in [4.69, 9.17) is 0 Å². The summed E-state index contributed by atoms with van der Waals surface area (Å²) in [4.78, 5) is 30.6. The van der Waals surface area contributed by atoms with Crippen LogP contribution >= 0.6 is 0 Å². The molecule has 0 radical (unpaired) electrons. The number of hydrogen-bond acceptors (Lipinski definition) is 3.